The van der Waals surface area contributed by atoms with Crippen molar-refractivity contribution in [2.75, 3.05) is 26.0 Å². The lowest BCUT2D eigenvalue weighted by atomic mass is 9.91. The van der Waals surface area contributed by atoms with Crippen molar-refractivity contribution < 1.29 is 18.0 Å². The first kappa shape index (κ1) is 26.8. The van der Waals surface area contributed by atoms with Crippen LogP contribution in [0, 0.1) is 17.5 Å². The summed E-state index contributed by atoms with van der Waals surface area (Å²) >= 11 is 0. The summed E-state index contributed by atoms with van der Waals surface area (Å²) in [5.41, 5.74) is 0.506. The van der Waals surface area contributed by atoms with Crippen LogP contribution in [0.25, 0.3) is 22.3 Å². The molecule has 1 aromatic carbocycles. The van der Waals surface area contributed by atoms with Gasteiger partial charge in [0.1, 0.15) is 11.6 Å². The fourth-order valence-corrected chi connectivity index (χ4v) is 4.14. The summed E-state index contributed by atoms with van der Waals surface area (Å²) in [6.07, 6.45) is 5.70. The van der Waals surface area contributed by atoms with Crippen LogP contribution >= 0.6 is 0 Å². The van der Waals surface area contributed by atoms with E-state index in [9.17, 15) is 18.0 Å². The molecule has 12 heteroatoms. The lowest BCUT2D eigenvalue weighted by Gasteiger charge is -2.31. The Labute approximate surface area is 206 Å². The molecule has 2 atom stereocenters. The van der Waals surface area contributed by atoms with Gasteiger partial charge in [0.2, 0.25) is 5.91 Å². The number of benzene rings is 1. The van der Waals surface area contributed by atoms with Crippen LogP contribution in [0.2, 0.25) is 0 Å². The molecule has 0 spiro atoms. The zero-order valence-corrected chi connectivity index (χ0v) is 20.2. The van der Waals surface area contributed by atoms with Crippen molar-refractivity contribution in [2.45, 2.75) is 37.8 Å². The Bertz CT molecular complexity index is 1220. The van der Waals surface area contributed by atoms with Gasteiger partial charge in [-0.3, -0.25) is 4.79 Å². The Balaban J connectivity index is 0.000000840. The summed E-state index contributed by atoms with van der Waals surface area (Å²) in [7, 11) is 3.66. The summed E-state index contributed by atoms with van der Waals surface area (Å²) < 4.78 is 42.2. The minimum Gasteiger partial charge on any atom is -0.365 e. The summed E-state index contributed by atoms with van der Waals surface area (Å²) in [5, 5.41) is 12.4. The molecule has 9 nitrogen and oxygen atoms in total. The summed E-state index contributed by atoms with van der Waals surface area (Å²) in [4.78, 5) is 24.9. The van der Waals surface area contributed by atoms with Crippen LogP contribution in [0.15, 0.2) is 34.7 Å². The number of likely N-dealkylation sites (N-methyl/N-ethyl adjacent to an activating group) is 1. The monoisotopic (exact) mass is 502 g/mol. The van der Waals surface area contributed by atoms with E-state index in [0.717, 1.165) is 31.5 Å². The third-order valence-electron chi connectivity index (χ3n) is 5.63. The second-order valence-electron chi connectivity index (χ2n) is 8.70. The van der Waals surface area contributed by atoms with Crippen molar-refractivity contribution in [1.82, 2.24) is 25.2 Å². The van der Waals surface area contributed by atoms with Gasteiger partial charge in [-0.1, -0.05) is 0 Å². The Morgan fingerprint density at radius 3 is 2.58 bits per heavy atom. The third kappa shape index (κ3) is 6.87. The number of aromatic amines is 1. The predicted molar refractivity (Wildman–Crippen MR) is 135 cm³/mol. The molecular weight excluding hydrogens is 473 g/mol. The molecule has 192 valence electrons. The van der Waals surface area contributed by atoms with E-state index in [-0.39, 0.29) is 40.5 Å². The van der Waals surface area contributed by atoms with Crippen molar-refractivity contribution in [2.24, 2.45) is 10.2 Å². The van der Waals surface area contributed by atoms with Gasteiger partial charge in [-0.15, -0.1) is 0 Å². The normalized spacial score (nSPS) is 17.3. The van der Waals surface area contributed by atoms with Crippen LogP contribution in [0.3, 0.4) is 0 Å². The molecule has 1 fully saturated rings. The van der Waals surface area contributed by atoms with Crippen molar-refractivity contribution in [3.05, 3.63) is 42.0 Å². The fourth-order valence-electron chi connectivity index (χ4n) is 4.14. The molecule has 0 radical (unpaired) electrons. The fraction of sp³-hybridized carbons (Fsp3) is 0.375. The molecule has 0 bridgehead atoms. The van der Waals surface area contributed by atoms with Gasteiger partial charge in [0.25, 0.3) is 0 Å². The number of rotatable bonds is 7. The van der Waals surface area contributed by atoms with Gasteiger partial charge >= 0.3 is 0 Å². The maximum Gasteiger partial charge on any atom is 0.234 e. The van der Waals surface area contributed by atoms with Crippen molar-refractivity contribution in [1.29, 1.82) is 0 Å². The van der Waals surface area contributed by atoms with Crippen molar-refractivity contribution in [3.63, 3.8) is 0 Å². The Hall–Kier alpha value is -3.80. The molecule has 1 amide bonds. The maximum absolute atomic E-state index is 14.5. The Kier molecular flexibility index (Phi) is 9.12. The lowest BCUT2D eigenvalue weighted by molar-refractivity contribution is -0.122. The number of nitrogens with one attached hydrogen (secondary N) is 3. The van der Waals surface area contributed by atoms with E-state index < -0.39 is 17.5 Å². The minimum absolute atomic E-state index is 0.00219. The average Bonchev–Trinajstić information content (AvgIpc) is 3.24. The standard InChI is InChI=1S/C22H25F3N6O.C2H4N2/c1-31(2)11-19(32)28-13-4-3-5-14(8-13)29-22-18(25)10-27-21(30-22)16-9-26-20-15(16)6-12(23)7-17(20)24;1-3-4-2/h6-7,9-10,13-14,26H,3-5,8,11H2,1-2H3,(H,28,32)(H,27,29,30);1-2H2/t13-,14+;/m1./s1. The van der Waals surface area contributed by atoms with E-state index in [1.165, 1.54) is 12.3 Å². The highest BCUT2D eigenvalue weighted by atomic mass is 19.1. The largest absolute Gasteiger partial charge is 0.365 e. The number of halogens is 3. The van der Waals surface area contributed by atoms with Crippen LogP contribution in [0.5, 0.6) is 0 Å². The number of nitrogens with zero attached hydrogens (tertiary/aromatic N) is 5. The van der Waals surface area contributed by atoms with E-state index in [4.69, 9.17) is 0 Å². The smallest absolute Gasteiger partial charge is 0.234 e. The van der Waals surface area contributed by atoms with Gasteiger partial charge in [0, 0.05) is 48.7 Å². The molecule has 0 aliphatic heterocycles. The van der Waals surface area contributed by atoms with E-state index in [1.54, 1.807) is 4.90 Å². The SMILES string of the molecule is C=NN=C.CN(C)CC(=O)N[C@@H]1CCC[C@H](Nc2nc(-c3c[nH]c4c(F)cc(F)cc34)ncc2F)C1. The number of hydrogen-bond donors (Lipinski definition) is 3. The molecule has 1 saturated carbocycles. The quantitative estimate of drug-likeness (QED) is 0.337. The number of anilines is 1. The summed E-state index contributed by atoms with van der Waals surface area (Å²) in [5.74, 6) is -1.94. The van der Waals surface area contributed by atoms with E-state index in [2.05, 4.69) is 49.2 Å². The van der Waals surface area contributed by atoms with Gasteiger partial charge in [0.05, 0.1) is 18.3 Å². The highest BCUT2D eigenvalue weighted by Gasteiger charge is 2.25. The van der Waals surface area contributed by atoms with Crippen LogP contribution < -0.4 is 10.6 Å². The first-order valence-corrected chi connectivity index (χ1v) is 11.3. The van der Waals surface area contributed by atoms with Gasteiger partial charge in [-0.25, -0.2) is 23.1 Å². The molecular formula is C24H29F3N8O. The molecule has 3 aromatic rings. The molecule has 2 aromatic heterocycles. The number of fused-ring (bicyclic) bond motifs is 1. The van der Waals surface area contributed by atoms with Crippen LogP contribution in [-0.2, 0) is 4.79 Å². The summed E-state index contributed by atoms with van der Waals surface area (Å²) in [6, 6.07) is 1.89. The first-order valence-electron chi connectivity index (χ1n) is 11.3. The second kappa shape index (κ2) is 12.2. The topological polar surface area (TPSA) is 111 Å². The zero-order chi connectivity index (χ0) is 26.2. The number of aromatic nitrogens is 3. The van der Waals surface area contributed by atoms with Gasteiger partial charge in [-0.2, -0.15) is 10.2 Å². The predicted octanol–water partition coefficient (Wildman–Crippen LogP) is 3.75. The molecule has 1 aliphatic rings. The number of carbonyl (C=O) groups is 1. The molecule has 36 heavy (non-hydrogen) atoms. The van der Waals surface area contributed by atoms with E-state index >= 15 is 0 Å². The van der Waals surface area contributed by atoms with E-state index in [1.807, 2.05) is 14.1 Å². The molecule has 0 saturated heterocycles. The van der Waals surface area contributed by atoms with Crippen LogP contribution in [0.4, 0.5) is 19.0 Å². The Morgan fingerprint density at radius 2 is 1.89 bits per heavy atom. The minimum atomic E-state index is -0.726. The molecule has 4 rings (SSSR count). The average molecular weight is 503 g/mol. The first-order chi connectivity index (χ1) is 17.2. The zero-order valence-electron chi connectivity index (χ0n) is 20.2. The molecule has 1 aliphatic carbocycles. The number of amides is 1. The summed E-state index contributed by atoms with van der Waals surface area (Å²) in [6.45, 7) is 6.31. The lowest BCUT2D eigenvalue weighted by Crippen LogP contribution is -2.44. The second-order valence-corrected chi connectivity index (χ2v) is 8.70. The van der Waals surface area contributed by atoms with Gasteiger partial charge in [0.15, 0.2) is 17.5 Å². The Morgan fingerprint density at radius 1 is 1.17 bits per heavy atom. The highest BCUT2D eigenvalue weighted by Crippen LogP contribution is 2.30. The third-order valence-corrected chi connectivity index (χ3v) is 5.63. The highest BCUT2D eigenvalue weighted by molar-refractivity contribution is 5.94. The number of H-pyrrole nitrogens is 1. The van der Waals surface area contributed by atoms with Gasteiger partial charge < -0.3 is 20.5 Å². The van der Waals surface area contributed by atoms with E-state index in [0.29, 0.717) is 18.5 Å². The van der Waals surface area contributed by atoms with Crippen LogP contribution in [0.1, 0.15) is 25.7 Å². The molecule has 2 heterocycles. The number of carbonyl (C=O) groups excluding carboxylic acids is 1. The molecule has 0 unspecified atom stereocenters. The number of hydrogen-bond acceptors (Lipinski definition) is 7. The van der Waals surface area contributed by atoms with Crippen LogP contribution in [-0.4, -0.2) is 71.9 Å². The van der Waals surface area contributed by atoms with Gasteiger partial charge in [-0.05, 0) is 45.8 Å². The maximum atomic E-state index is 14.5. The molecule has 3 N–H and O–H groups in total. The van der Waals surface area contributed by atoms with Crippen molar-refractivity contribution >= 4 is 36.1 Å². The van der Waals surface area contributed by atoms with Crippen molar-refractivity contribution in [3.8, 4) is 11.4 Å².